The molecule has 3 amide bonds. The summed E-state index contributed by atoms with van der Waals surface area (Å²) in [5.41, 5.74) is 18.2. The summed E-state index contributed by atoms with van der Waals surface area (Å²) >= 11 is 1.63. The number of carbonyl (C=O) groups excluding carboxylic acids is 3. The summed E-state index contributed by atoms with van der Waals surface area (Å²) in [6, 6.07) is 15.6. The number of ether oxygens (including phenoxy) is 1. The third-order valence-electron chi connectivity index (χ3n) is 10.2. The second kappa shape index (κ2) is 19.6. The molecule has 6 atom stereocenters. The van der Waals surface area contributed by atoms with Crippen molar-refractivity contribution >= 4 is 29.1 Å². The van der Waals surface area contributed by atoms with Gasteiger partial charge in [0.2, 0.25) is 17.7 Å². The van der Waals surface area contributed by atoms with Gasteiger partial charge < -0.3 is 36.8 Å². The van der Waals surface area contributed by atoms with Crippen LogP contribution in [0.5, 0.6) is 0 Å². The fourth-order valence-electron chi connectivity index (χ4n) is 6.65. The van der Waals surface area contributed by atoms with Crippen LogP contribution in [0, 0.1) is 12.3 Å². The maximum absolute atomic E-state index is 14.0. The molecular weight excluding hydrogens is 689 g/mol. The average molecular weight is 749 g/mol. The Morgan fingerprint density at radius 3 is 2.34 bits per heavy atom. The molecule has 0 radical (unpaired) electrons. The van der Waals surface area contributed by atoms with Gasteiger partial charge in [0.05, 0.1) is 34.9 Å². The Kier molecular flexibility index (Phi) is 15.5. The van der Waals surface area contributed by atoms with Gasteiger partial charge in [-0.3, -0.25) is 14.4 Å². The van der Waals surface area contributed by atoms with Crippen LogP contribution in [0.3, 0.4) is 0 Å². The van der Waals surface area contributed by atoms with Crippen LogP contribution in [-0.4, -0.2) is 76.1 Å². The molecule has 0 aliphatic carbocycles. The highest BCUT2D eigenvalue weighted by Crippen LogP contribution is 2.29. The lowest BCUT2D eigenvalue weighted by Crippen LogP contribution is -2.56. The Hall–Kier alpha value is -3.68. The molecule has 53 heavy (non-hydrogen) atoms. The van der Waals surface area contributed by atoms with Crippen LogP contribution in [-0.2, 0) is 32.1 Å². The summed E-state index contributed by atoms with van der Waals surface area (Å²) in [5, 5.41) is 17.3. The third kappa shape index (κ3) is 12.7. The number of nitrogens with two attached hydrogens (primary N) is 2. The summed E-state index contributed by atoms with van der Waals surface area (Å²) in [4.78, 5) is 45.5. The van der Waals surface area contributed by atoms with Crippen LogP contribution in [0.1, 0.15) is 102 Å². The van der Waals surface area contributed by atoms with Crippen LogP contribution < -0.4 is 22.1 Å². The molecule has 7 N–H and O–H groups in total. The van der Waals surface area contributed by atoms with Gasteiger partial charge in [-0.1, -0.05) is 69.3 Å². The van der Waals surface area contributed by atoms with E-state index in [4.69, 9.17) is 16.2 Å². The van der Waals surface area contributed by atoms with E-state index in [2.05, 4.69) is 58.9 Å². The second-order valence-corrected chi connectivity index (χ2v) is 16.5. The van der Waals surface area contributed by atoms with Crippen LogP contribution in [0.25, 0.3) is 10.4 Å². The number of carbonyl (C=O) groups is 3. The molecule has 1 aliphatic heterocycles. The zero-order valence-corrected chi connectivity index (χ0v) is 33.1. The number of likely N-dealkylation sites (tertiary alicyclic amines) is 1. The lowest BCUT2D eigenvalue weighted by atomic mass is 9.85. The molecule has 1 aliphatic rings. The zero-order valence-electron chi connectivity index (χ0n) is 32.3. The van der Waals surface area contributed by atoms with E-state index >= 15 is 0 Å². The maximum atomic E-state index is 14.0. The number of aliphatic hydroxyl groups is 1. The average Bonchev–Trinajstić information content (AvgIpc) is 3.73. The van der Waals surface area contributed by atoms with E-state index in [0.717, 1.165) is 35.2 Å². The number of aryl methyl sites for hydroxylation is 2. The summed E-state index contributed by atoms with van der Waals surface area (Å²) in [6.45, 7) is 13.1. The van der Waals surface area contributed by atoms with Gasteiger partial charge in [-0.2, -0.15) is 0 Å². The van der Waals surface area contributed by atoms with Crippen LogP contribution in [0.4, 0.5) is 0 Å². The van der Waals surface area contributed by atoms with E-state index in [9.17, 15) is 19.5 Å². The normalized spacial score (nSPS) is 18.4. The first-order valence-electron chi connectivity index (χ1n) is 18.9. The minimum absolute atomic E-state index is 0.0474. The number of primary amides is 1. The minimum atomic E-state index is -0.710. The number of amides is 3. The molecule has 1 fully saturated rings. The number of hydrogen-bond acceptors (Lipinski definition) is 9. The molecule has 0 saturated carbocycles. The number of nitrogens with zero attached hydrogens (tertiary/aromatic N) is 2. The van der Waals surface area contributed by atoms with Crippen molar-refractivity contribution in [3.8, 4) is 10.4 Å². The Labute approximate surface area is 319 Å². The SMILES string of the molecule is Cc1ncsc1-c1ccc([C@H](C)NC[C@@H]2C[C@@H](O)CN2C(=O)[C@@H](NC(=O)CCCCc2ccc(CO[C@H](C)[C@@H](N)CCC(N)=O)cc2)C(C)(C)C)cc1. The number of nitrogens with one attached hydrogen (secondary N) is 2. The van der Waals surface area contributed by atoms with Gasteiger partial charge in [-0.05, 0) is 80.5 Å². The summed E-state index contributed by atoms with van der Waals surface area (Å²) in [5.74, 6) is -0.664. The van der Waals surface area contributed by atoms with Crippen molar-refractivity contribution < 1.29 is 24.2 Å². The summed E-state index contributed by atoms with van der Waals surface area (Å²) in [6.07, 6.45) is 3.10. The topological polar surface area (TPSA) is 173 Å². The molecule has 3 aromatic rings. The number of aromatic nitrogens is 1. The fourth-order valence-corrected chi connectivity index (χ4v) is 7.46. The van der Waals surface area contributed by atoms with Gasteiger partial charge >= 0.3 is 0 Å². The number of β-amino-alcohol motifs (C(OH)–C–C–N with tert-alkyl or cyclic N) is 1. The van der Waals surface area contributed by atoms with Gasteiger partial charge in [0, 0.05) is 44.1 Å². The van der Waals surface area contributed by atoms with E-state index in [0.29, 0.717) is 38.8 Å². The van der Waals surface area contributed by atoms with E-state index in [1.165, 1.54) is 10.4 Å². The second-order valence-electron chi connectivity index (χ2n) is 15.6. The number of thiazole rings is 1. The van der Waals surface area contributed by atoms with Crippen molar-refractivity contribution in [1.82, 2.24) is 20.5 Å². The molecule has 0 spiro atoms. The first-order chi connectivity index (χ1) is 25.1. The molecule has 0 bridgehead atoms. The first-order valence-corrected chi connectivity index (χ1v) is 19.7. The lowest BCUT2D eigenvalue weighted by molar-refractivity contribution is -0.140. The summed E-state index contributed by atoms with van der Waals surface area (Å²) in [7, 11) is 0. The maximum Gasteiger partial charge on any atom is 0.246 e. The van der Waals surface area contributed by atoms with E-state index in [1.807, 2.05) is 52.3 Å². The highest BCUT2D eigenvalue weighted by molar-refractivity contribution is 7.13. The number of rotatable bonds is 19. The molecule has 11 nitrogen and oxygen atoms in total. The number of aliphatic hydroxyl groups excluding tert-OH is 1. The van der Waals surface area contributed by atoms with Crippen LogP contribution in [0.2, 0.25) is 0 Å². The molecule has 12 heteroatoms. The van der Waals surface area contributed by atoms with Gasteiger partial charge in [0.25, 0.3) is 0 Å². The largest absolute Gasteiger partial charge is 0.391 e. The van der Waals surface area contributed by atoms with Crippen molar-refractivity contribution in [3.05, 3.63) is 76.4 Å². The standard InChI is InChI=1S/C41H60N6O5S/c1-26(31-15-17-32(18-16-31)38-27(2)45-25-53-38)44-22-33-21-34(48)23-47(33)40(51)39(41(4,5)6)46-37(50)10-8-7-9-29-11-13-30(14-12-29)24-52-28(3)35(42)19-20-36(43)49/h11-18,25-26,28,33-35,39,44,48H,7-10,19-24,42H2,1-6H3,(H2,43,49)(H,46,50)/t26-,28+,33-,34+,35-,39+/m0/s1. The third-order valence-corrected chi connectivity index (χ3v) is 11.1. The Morgan fingerprint density at radius 2 is 1.72 bits per heavy atom. The summed E-state index contributed by atoms with van der Waals surface area (Å²) < 4.78 is 5.89. The fraction of sp³-hybridized carbons (Fsp3) is 0.561. The Bertz CT molecular complexity index is 1620. The molecular formula is C41H60N6O5S. The van der Waals surface area contributed by atoms with Gasteiger partial charge in [0.15, 0.2) is 0 Å². The lowest BCUT2D eigenvalue weighted by Gasteiger charge is -2.36. The Balaban J connectivity index is 1.22. The highest BCUT2D eigenvalue weighted by atomic mass is 32.1. The predicted molar refractivity (Wildman–Crippen MR) is 211 cm³/mol. The molecule has 0 unspecified atom stereocenters. The molecule has 1 saturated heterocycles. The van der Waals surface area contributed by atoms with Gasteiger partial charge in [0.1, 0.15) is 6.04 Å². The van der Waals surface area contributed by atoms with Crippen LogP contribution >= 0.6 is 11.3 Å². The highest BCUT2D eigenvalue weighted by Gasteiger charge is 2.41. The Morgan fingerprint density at radius 1 is 1.04 bits per heavy atom. The molecule has 2 aromatic carbocycles. The molecule has 290 valence electrons. The quantitative estimate of drug-likeness (QED) is 0.105. The van der Waals surface area contributed by atoms with Crippen molar-refractivity contribution in [2.24, 2.45) is 16.9 Å². The zero-order chi connectivity index (χ0) is 38.7. The van der Waals surface area contributed by atoms with E-state index in [-0.39, 0.29) is 54.9 Å². The molecule has 2 heterocycles. The van der Waals surface area contributed by atoms with E-state index < -0.39 is 17.6 Å². The van der Waals surface area contributed by atoms with Gasteiger partial charge in [-0.15, -0.1) is 11.3 Å². The van der Waals surface area contributed by atoms with Crippen molar-refractivity contribution in [1.29, 1.82) is 0 Å². The number of hydrogen-bond donors (Lipinski definition) is 5. The molecule has 4 rings (SSSR count). The smallest absolute Gasteiger partial charge is 0.246 e. The van der Waals surface area contributed by atoms with Crippen molar-refractivity contribution in [2.45, 2.75) is 129 Å². The van der Waals surface area contributed by atoms with Crippen molar-refractivity contribution in [3.63, 3.8) is 0 Å². The van der Waals surface area contributed by atoms with Crippen molar-refractivity contribution in [2.75, 3.05) is 13.1 Å². The van der Waals surface area contributed by atoms with Gasteiger partial charge in [-0.25, -0.2) is 4.98 Å². The van der Waals surface area contributed by atoms with E-state index in [1.54, 1.807) is 16.2 Å². The monoisotopic (exact) mass is 748 g/mol. The predicted octanol–water partition coefficient (Wildman–Crippen LogP) is 5.17. The minimum Gasteiger partial charge on any atom is -0.391 e. The molecule has 1 aromatic heterocycles. The number of benzene rings is 2. The van der Waals surface area contributed by atoms with Crippen LogP contribution in [0.15, 0.2) is 54.0 Å². The first kappa shape index (κ1) is 42.1. The number of unbranched alkanes of at least 4 members (excludes halogenated alkanes) is 1.